The highest BCUT2D eigenvalue weighted by atomic mass is 32.2. The Kier molecular flexibility index (Phi) is 6.58. The van der Waals surface area contributed by atoms with Gasteiger partial charge >= 0.3 is 0 Å². The summed E-state index contributed by atoms with van der Waals surface area (Å²) in [4.78, 5) is 17.0. The number of nitrogens with one attached hydrogen (secondary N) is 1. The number of nitrogens with zero attached hydrogens (tertiary/aromatic N) is 1. The molecule has 158 valence electrons. The normalized spacial score (nSPS) is 11.3. The summed E-state index contributed by atoms with van der Waals surface area (Å²) in [6.45, 7) is 6.13. The smallest absolute Gasteiger partial charge is 0.227 e. The molecule has 6 nitrogen and oxygen atoms in total. The van der Waals surface area contributed by atoms with Crippen molar-refractivity contribution in [2.45, 2.75) is 32.1 Å². The molecule has 3 rings (SSSR count). The number of rotatable bonds is 7. The van der Waals surface area contributed by atoms with Crippen molar-refractivity contribution in [1.29, 1.82) is 0 Å². The van der Waals surface area contributed by atoms with E-state index in [2.05, 4.69) is 29.4 Å². The predicted molar refractivity (Wildman–Crippen MR) is 120 cm³/mol. The van der Waals surface area contributed by atoms with Gasteiger partial charge in [0.2, 0.25) is 5.91 Å². The van der Waals surface area contributed by atoms with E-state index in [0.29, 0.717) is 10.9 Å². The fraction of sp³-hybridized carbons (Fsp3) is 0.273. The summed E-state index contributed by atoms with van der Waals surface area (Å²) in [5.74, 6) is -0.0878. The Morgan fingerprint density at radius 2 is 1.73 bits per heavy atom. The number of carbonyl (C=O) groups is 1. The highest BCUT2D eigenvalue weighted by Crippen LogP contribution is 2.31. The number of ether oxygens (including phenoxy) is 1. The van der Waals surface area contributed by atoms with E-state index in [1.165, 1.54) is 36.1 Å². The highest BCUT2D eigenvalue weighted by molar-refractivity contribution is 7.91. The number of amides is 1. The van der Waals surface area contributed by atoms with Crippen molar-refractivity contribution in [3.63, 3.8) is 0 Å². The zero-order valence-electron chi connectivity index (χ0n) is 17.4. The van der Waals surface area contributed by atoms with Gasteiger partial charge in [-0.3, -0.25) is 4.79 Å². The molecular formula is C22H24N2O4S2. The molecule has 0 aliphatic heterocycles. The molecule has 0 spiro atoms. The first-order valence-electron chi connectivity index (χ1n) is 9.40. The second kappa shape index (κ2) is 8.97. The number of hydrogen-bond acceptors (Lipinski definition) is 6. The maximum absolute atomic E-state index is 12.4. The molecule has 0 saturated heterocycles. The molecule has 0 saturated carbocycles. The molecule has 1 aromatic heterocycles. The van der Waals surface area contributed by atoms with E-state index < -0.39 is 9.84 Å². The minimum atomic E-state index is -3.56. The Bertz CT molecular complexity index is 1140. The first-order chi connectivity index (χ1) is 14.2. The van der Waals surface area contributed by atoms with Crippen LogP contribution in [0.5, 0.6) is 5.75 Å². The summed E-state index contributed by atoms with van der Waals surface area (Å²) in [5, 5.41) is 5.06. The van der Waals surface area contributed by atoms with Crippen LogP contribution in [0.1, 0.15) is 23.1 Å². The minimum absolute atomic E-state index is 0.147. The first-order valence-corrected chi connectivity index (χ1v) is 11.9. The largest absolute Gasteiger partial charge is 0.497 e. The van der Waals surface area contributed by atoms with E-state index in [9.17, 15) is 13.2 Å². The van der Waals surface area contributed by atoms with Gasteiger partial charge in [0.1, 0.15) is 5.75 Å². The molecule has 3 aromatic rings. The Hall–Kier alpha value is -2.71. The molecule has 0 unspecified atom stereocenters. The van der Waals surface area contributed by atoms with Crippen LogP contribution in [0, 0.1) is 20.8 Å². The quantitative estimate of drug-likeness (QED) is 0.578. The molecule has 2 aromatic carbocycles. The van der Waals surface area contributed by atoms with Crippen LogP contribution in [0.15, 0.2) is 46.7 Å². The van der Waals surface area contributed by atoms with Gasteiger partial charge in [0, 0.05) is 17.4 Å². The van der Waals surface area contributed by atoms with Gasteiger partial charge in [-0.2, -0.15) is 0 Å². The minimum Gasteiger partial charge on any atom is -0.497 e. The maximum atomic E-state index is 12.4. The van der Waals surface area contributed by atoms with Gasteiger partial charge in [-0.25, -0.2) is 13.4 Å². The summed E-state index contributed by atoms with van der Waals surface area (Å²) in [6, 6.07) is 10.3. The van der Waals surface area contributed by atoms with Crippen molar-refractivity contribution in [3.05, 3.63) is 58.5 Å². The Labute approximate surface area is 180 Å². The number of anilines is 1. The van der Waals surface area contributed by atoms with Crippen molar-refractivity contribution >= 4 is 32.2 Å². The highest BCUT2D eigenvalue weighted by Gasteiger charge is 2.18. The molecular weight excluding hydrogens is 420 g/mol. The summed E-state index contributed by atoms with van der Waals surface area (Å²) < 4.78 is 29.9. The maximum Gasteiger partial charge on any atom is 0.227 e. The topological polar surface area (TPSA) is 85.4 Å². The number of carbonyl (C=O) groups excluding carboxylic acids is 1. The molecule has 0 atom stereocenters. The lowest BCUT2D eigenvalue weighted by molar-refractivity contribution is -0.115. The molecule has 0 aliphatic carbocycles. The molecule has 30 heavy (non-hydrogen) atoms. The van der Waals surface area contributed by atoms with E-state index in [-0.39, 0.29) is 23.0 Å². The van der Waals surface area contributed by atoms with Gasteiger partial charge in [0.25, 0.3) is 0 Å². The number of hydrogen-bond donors (Lipinski definition) is 1. The molecule has 8 heteroatoms. The Morgan fingerprint density at radius 3 is 2.33 bits per heavy atom. The second-order valence-electron chi connectivity index (χ2n) is 7.10. The summed E-state index contributed by atoms with van der Waals surface area (Å²) in [5.41, 5.74) is 5.30. The van der Waals surface area contributed by atoms with Gasteiger partial charge in [-0.1, -0.05) is 17.7 Å². The molecule has 1 heterocycles. The van der Waals surface area contributed by atoms with Crippen LogP contribution in [-0.4, -0.2) is 32.2 Å². The fourth-order valence-electron chi connectivity index (χ4n) is 3.34. The van der Waals surface area contributed by atoms with Crippen molar-refractivity contribution in [1.82, 2.24) is 4.98 Å². The third kappa shape index (κ3) is 5.06. The van der Waals surface area contributed by atoms with Gasteiger partial charge in [0.15, 0.2) is 15.0 Å². The van der Waals surface area contributed by atoms with Crippen LogP contribution in [-0.2, 0) is 14.6 Å². The Balaban J connectivity index is 1.64. The number of benzene rings is 2. The number of thiazole rings is 1. The second-order valence-corrected chi connectivity index (χ2v) is 10.1. The van der Waals surface area contributed by atoms with Crippen LogP contribution in [0.25, 0.3) is 11.3 Å². The van der Waals surface area contributed by atoms with Crippen molar-refractivity contribution in [2.24, 2.45) is 0 Å². The van der Waals surface area contributed by atoms with Crippen LogP contribution in [0.2, 0.25) is 0 Å². The van der Waals surface area contributed by atoms with Gasteiger partial charge in [-0.15, -0.1) is 11.3 Å². The standard InChI is InChI=1S/C22H24N2O4S2/c1-14-11-15(2)21(16(3)12-14)19-13-29-22(23-19)24-20(25)9-10-30(26,27)18-7-5-17(28-4)6-8-18/h5-8,11-13H,9-10H2,1-4H3,(H,23,24,25). The number of methoxy groups -OCH3 is 1. The fourth-order valence-corrected chi connectivity index (χ4v) is 5.30. The van der Waals surface area contributed by atoms with E-state index in [4.69, 9.17) is 4.74 Å². The predicted octanol–water partition coefficient (Wildman–Crippen LogP) is 4.55. The van der Waals surface area contributed by atoms with Crippen molar-refractivity contribution < 1.29 is 17.9 Å². The third-order valence-corrected chi connectivity index (χ3v) is 7.19. The third-order valence-electron chi connectivity index (χ3n) is 4.70. The van der Waals surface area contributed by atoms with Gasteiger partial charge < -0.3 is 10.1 Å². The van der Waals surface area contributed by atoms with E-state index in [1.807, 2.05) is 19.2 Å². The summed E-state index contributed by atoms with van der Waals surface area (Å²) in [6.07, 6.45) is -0.147. The van der Waals surface area contributed by atoms with Gasteiger partial charge in [-0.05, 0) is 56.2 Å². The number of aromatic nitrogens is 1. The van der Waals surface area contributed by atoms with E-state index >= 15 is 0 Å². The zero-order chi connectivity index (χ0) is 21.9. The molecule has 0 bridgehead atoms. The lowest BCUT2D eigenvalue weighted by Crippen LogP contribution is -2.17. The van der Waals surface area contributed by atoms with Crippen LogP contribution >= 0.6 is 11.3 Å². The number of sulfone groups is 1. The van der Waals surface area contributed by atoms with Crippen LogP contribution in [0.3, 0.4) is 0 Å². The molecule has 0 aliphatic rings. The average molecular weight is 445 g/mol. The lowest BCUT2D eigenvalue weighted by Gasteiger charge is -2.09. The van der Waals surface area contributed by atoms with Gasteiger partial charge in [0.05, 0.1) is 23.5 Å². The number of aryl methyl sites for hydroxylation is 3. The lowest BCUT2D eigenvalue weighted by atomic mass is 9.98. The molecule has 0 fully saturated rings. The van der Waals surface area contributed by atoms with Crippen LogP contribution < -0.4 is 10.1 Å². The van der Waals surface area contributed by atoms with Crippen molar-refractivity contribution in [2.75, 3.05) is 18.2 Å². The summed E-state index contributed by atoms with van der Waals surface area (Å²) >= 11 is 1.32. The average Bonchev–Trinajstić information content (AvgIpc) is 3.13. The molecule has 1 N–H and O–H groups in total. The van der Waals surface area contributed by atoms with Crippen LogP contribution in [0.4, 0.5) is 5.13 Å². The first kappa shape index (κ1) is 22.0. The van der Waals surface area contributed by atoms with E-state index in [0.717, 1.165) is 22.4 Å². The monoisotopic (exact) mass is 444 g/mol. The SMILES string of the molecule is COc1ccc(S(=O)(=O)CCC(=O)Nc2nc(-c3c(C)cc(C)cc3C)cs2)cc1. The molecule has 1 amide bonds. The molecule has 0 radical (unpaired) electrons. The Morgan fingerprint density at radius 1 is 1.10 bits per heavy atom. The summed E-state index contributed by atoms with van der Waals surface area (Å²) in [7, 11) is -2.05. The zero-order valence-corrected chi connectivity index (χ0v) is 19.0. The van der Waals surface area contributed by atoms with E-state index in [1.54, 1.807) is 12.1 Å². The van der Waals surface area contributed by atoms with Crippen molar-refractivity contribution in [3.8, 4) is 17.0 Å².